The van der Waals surface area contributed by atoms with Crippen LogP contribution in [0.2, 0.25) is 0 Å². The first kappa shape index (κ1) is 17.1. The molecule has 6 nitrogen and oxygen atoms in total. The maximum atomic E-state index is 12.2. The SMILES string of the molecule is CN1C[C@@H](O)COC[C@@H]2O[C@@H](CC(=O)NC3CCCC3)CC[C@H]21. The monoisotopic (exact) mass is 326 g/mol. The van der Waals surface area contributed by atoms with Gasteiger partial charge in [0.25, 0.3) is 0 Å². The Balaban J connectivity index is 1.49. The van der Waals surface area contributed by atoms with Crippen LogP contribution in [0, 0.1) is 0 Å². The summed E-state index contributed by atoms with van der Waals surface area (Å²) in [4.78, 5) is 14.4. The Hall–Kier alpha value is -0.690. The molecule has 0 radical (unpaired) electrons. The summed E-state index contributed by atoms with van der Waals surface area (Å²) < 4.78 is 11.7. The van der Waals surface area contributed by atoms with Crippen molar-refractivity contribution in [1.29, 1.82) is 0 Å². The van der Waals surface area contributed by atoms with E-state index in [0.717, 1.165) is 25.7 Å². The first-order valence-corrected chi connectivity index (χ1v) is 9.02. The van der Waals surface area contributed by atoms with Crippen molar-refractivity contribution in [2.24, 2.45) is 0 Å². The molecule has 4 atom stereocenters. The van der Waals surface area contributed by atoms with Crippen LogP contribution in [-0.4, -0.2) is 73.1 Å². The first-order valence-electron chi connectivity index (χ1n) is 9.02. The average Bonchev–Trinajstić information content (AvgIpc) is 2.98. The molecule has 23 heavy (non-hydrogen) atoms. The third-order valence-corrected chi connectivity index (χ3v) is 5.37. The van der Waals surface area contributed by atoms with Gasteiger partial charge < -0.3 is 19.9 Å². The van der Waals surface area contributed by atoms with Gasteiger partial charge in [-0.05, 0) is 32.7 Å². The molecule has 3 rings (SSSR count). The molecule has 6 heteroatoms. The van der Waals surface area contributed by atoms with Gasteiger partial charge in [-0.1, -0.05) is 12.8 Å². The molecule has 0 aromatic rings. The van der Waals surface area contributed by atoms with Gasteiger partial charge >= 0.3 is 0 Å². The standard InChI is InChI=1S/C17H30N2O4/c1-19-9-13(20)10-22-11-16-15(19)7-6-14(23-16)8-17(21)18-12-4-2-3-5-12/h12-16,20H,2-11H2,1H3,(H,18,21)/t13-,14-,15-,16+/m1/s1. The molecule has 1 aliphatic carbocycles. The smallest absolute Gasteiger partial charge is 0.222 e. The highest BCUT2D eigenvalue weighted by atomic mass is 16.5. The van der Waals surface area contributed by atoms with Crippen molar-refractivity contribution in [2.45, 2.75) is 75.3 Å². The van der Waals surface area contributed by atoms with E-state index in [2.05, 4.69) is 10.2 Å². The van der Waals surface area contributed by atoms with Gasteiger partial charge in [-0.25, -0.2) is 0 Å². The molecule has 0 aromatic heterocycles. The minimum Gasteiger partial charge on any atom is -0.389 e. The fraction of sp³-hybridized carbons (Fsp3) is 0.941. The molecule has 1 amide bonds. The van der Waals surface area contributed by atoms with Crippen LogP contribution in [-0.2, 0) is 14.3 Å². The molecule has 0 spiro atoms. The van der Waals surface area contributed by atoms with Crippen LogP contribution in [0.25, 0.3) is 0 Å². The number of nitrogens with one attached hydrogen (secondary N) is 1. The number of likely N-dealkylation sites (N-methyl/N-ethyl adjacent to an activating group) is 1. The highest BCUT2D eigenvalue weighted by Gasteiger charge is 2.36. The minimum absolute atomic E-state index is 0.00877. The lowest BCUT2D eigenvalue weighted by Crippen LogP contribution is -2.54. The van der Waals surface area contributed by atoms with Gasteiger partial charge in [0, 0.05) is 18.6 Å². The number of hydrogen-bond acceptors (Lipinski definition) is 5. The van der Waals surface area contributed by atoms with Crippen molar-refractivity contribution < 1.29 is 19.4 Å². The third-order valence-electron chi connectivity index (χ3n) is 5.37. The molecule has 1 saturated carbocycles. The van der Waals surface area contributed by atoms with E-state index in [4.69, 9.17) is 9.47 Å². The molecule has 0 unspecified atom stereocenters. The highest BCUT2D eigenvalue weighted by molar-refractivity contribution is 5.76. The van der Waals surface area contributed by atoms with Crippen LogP contribution in [0.4, 0.5) is 0 Å². The number of hydrogen-bond donors (Lipinski definition) is 2. The summed E-state index contributed by atoms with van der Waals surface area (Å²) in [6.07, 6.45) is 6.55. The second kappa shape index (κ2) is 7.92. The molecule has 0 aromatic carbocycles. The second-order valence-electron chi connectivity index (χ2n) is 7.33. The molecular weight excluding hydrogens is 296 g/mol. The summed E-state index contributed by atoms with van der Waals surface area (Å²) in [6.45, 7) is 1.45. The number of ether oxygens (including phenoxy) is 2. The summed E-state index contributed by atoms with van der Waals surface area (Å²) in [5.74, 6) is 0.121. The predicted octanol–water partition coefficient (Wildman–Crippen LogP) is 0.674. The summed E-state index contributed by atoms with van der Waals surface area (Å²) in [5, 5.41) is 13.0. The maximum Gasteiger partial charge on any atom is 0.222 e. The number of fused-ring (bicyclic) bond motifs is 1. The summed E-state index contributed by atoms with van der Waals surface area (Å²) in [7, 11) is 2.03. The van der Waals surface area contributed by atoms with Crippen molar-refractivity contribution in [3.63, 3.8) is 0 Å². The van der Waals surface area contributed by atoms with Gasteiger partial charge in [-0.15, -0.1) is 0 Å². The molecule has 2 N–H and O–H groups in total. The lowest BCUT2D eigenvalue weighted by atomic mass is 9.95. The van der Waals surface area contributed by atoms with Crippen LogP contribution in [0.5, 0.6) is 0 Å². The number of carbonyl (C=O) groups is 1. The van der Waals surface area contributed by atoms with E-state index >= 15 is 0 Å². The lowest BCUT2D eigenvalue weighted by Gasteiger charge is -2.43. The van der Waals surface area contributed by atoms with Gasteiger partial charge in [-0.2, -0.15) is 0 Å². The van der Waals surface area contributed by atoms with E-state index in [0.29, 0.717) is 32.2 Å². The number of aliphatic hydroxyl groups is 1. The van der Waals surface area contributed by atoms with Gasteiger partial charge in [0.15, 0.2) is 0 Å². The third kappa shape index (κ3) is 4.66. The summed E-state index contributed by atoms with van der Waals surface area (Å²) >= 11 is 0. The molecule has 0 bridgehead atoms. The fourth-order valence-electron chi connectivity index (χ4n) is 4.16. The molecule has 3 fully saturated rings. The number of rotatable bonds is 3. The van der Waals surface area contributed by atoms with Gasteiger partial charge in [0.2, 0.25) is 5.91 Å². The van der Waals surface area contributed by atoms with Crippen LogP contribution in [0.3, 0.4) is 0 Å². The van der Waals surface area contributed by atoms with Gasteiger partial charge in [-0.3, -0.25) is 9.69 Å². The number of β-amino-alcohol motifs (C(OH)–C–C–N with tert-alkyl or cyclic N) is 1. The van der Waals surface area contributed by atoms with E-state index in [1.165, 1.54) is 12.8 Å². The van der Waals surface area contributed by atoms with E-state index in [-0.39, 0.29) is 24.2 Å². The average molecular weight is 326 g/mol. The molecule has 132 valence electrons. The van der Waals surface area contributed by atoms with Crippen LogP contribution in [0.15, 0.2) is 0 Å². The van der Waals surface area contributed by atoms with E-state index < -0.39 is 6.10 Å². The number of carbonyl (C=O) groups excluding carboxylic acids is 1. The molecule has 2 heterocycles. The summed E-state index contributed by atoms with van der Waals surface area (Å²) in [5.41, 5.74) is 0. The van der Waals surface area contributed by atoms with Crippen molar-refractivity contribution in [1.82, 2.24) is 10.2 Å². The quantitative estimate of drug-likeness (QED) is 0.798. The fourth-order valence-corrected chi connectivity index (χ4v) is 4.16. The zero-order chi connectivity index (χ0) is 16.2. The molecular formula is C17H30N2O4. The maximum absolute atomic E-state index is 12.2. The molecule has 2 aliphatic heterocycles. The largest absolute Gasteiger partial charge is 0.389 e. The normalized spacial score (nSPS) is 37.0. The van der Waals surface area contributed by atoms with Crippen molar-refractivity contribution in [2.75, 3.05) is 26.8 Å². The minimum atomic E-state index is -0.434. The van der Waals surface area contributed by atoms with Crippen LogP contribution < -0.4 is 5.32 Å². The second-order valence-corrected chi connectivity index (χ2v) is 7.33. The van der Waals surface area contributed by atoms with Crippen molar-refractivity contribution in [3.8, 4) is 0 Å². The highest BCUT2D eigenvalue weighted by Crippen LogP contribution is 2.27. The zero-order valence-electron chi connectivity index (χ0n) is 14.1. The Morgan fingerprint density at radius 2 is 2.00 bits per heavy atom. The summed E-state index contributed by atoms with van der Waals surface area (Å²) in [6, 6.07) is 0.635. The number of nitrogens with zero attached hydrogens (tertiary/aromatic N) is 1. The van der Waals surface area contributed by atoms with Crippen LogP contribution >= 0.6 is 0 Å². The van der Waals surface area contributed by atoms with E-state index in [1.807, 2.05) is 7.05 Å². The van der Waals surface area contributed by atoms with Crippen LogP contribution in [0.1, 0.15) is 44.9 Å². The zero-order valence-corrected chi connectivity index (χ0v) is 14.1. The van der Waals surface area contributed by atoms with Crippen molar-refractivity contribution in [3.05, 3.63) is 0 Å². The lowest BCUT2D eigenvalue weighted by molar-refractivity contribution is -0.153. The Morgan fingerprint density at radius 3 is 2.78 bits per heavy atom. The Labute approximate surface area is 138 Å². The van der Waals surface area contributed by atoms with Gasteiger partial charge in [0.05, 0.1) is 37.9 Å². The molecule has 3 aliphatic rings. The topological polar surface area (TPSA) is 71.0 Å². The first-order chi connectivity index (χ1) is 11.1. The Kier molecular flexibility index (Phi) is 5.91. The Bertz CT molecular complexity index is 400. The Morgan fingerprint density at radius 1 is 1.22 bits per heavy atom. The van der Waals surface area contributed by atoms with E-state index in [1.54, 1.807) is 0 Å². The van der Waals surface area contributed by atoms with Crippen molar-refractivity contribution >= 4 is 5.91 Å². The number of amides is 1. The predicted molar refractivity (Wildman–Crippen MR) is 86.2 cm³/mol. The van der Waals surface area contributed by atoms with E-state index in [9.17, 15) is 9.90 Å². The number of aliphatic hydroxyl groups excluding tert-OH is 1. The molecule has 2 saturated heterocycles. The van der Waals surface area contributed by atoms with Gasteiger partial charge in [0.1, 0.15) is 0 Å².